The van der Waals surface area contributed by atoms with Crippen LogP contribution in [0.1, 0.15) is 47.0 Å². The molecule has 2 saturated carbocycles. The van der Waals surface area contributed by atoms with Crippen LogP contribution in [0.15, 0.2) is 12.7 Å². The Kier molecular flexibility index (Phi) is 2.15. The summed E-state index contributed by atoms with van der Waals surface area (Å²) in [7, 11) is 0. The summed E-state index contributed by atoms with van der Waals surface area (Å²) < 4.78 is 0. The largest absolute Gasteiger partial charge is 0.389 e. The molecule has 2 aliphatic carbocycles. The van der Waals surface area contributed by atoms with Crippen LogP contribution >= 0.6 is 0 Å². The van der Waals surface area contributed by atoms with Crippen molar-refractivity contribution in [3.8, 4) is 0 Å². The van der Waals surface area contributed by atoms with Crippen LogP contribution in [-0.2, 0) is 0 Å². The molecule has 86 valence electrons. The van der Waals surface area contributed by atoms with Crippen molar-refractivity contribution < 1.29 is 5.11 Å². The standard InChI is InChI=1S/C14H24O/c1-6-8-14(15)10(2)11-7-9-13(14,5)12(11,3)4/h6,10-11,15H,1,7-9H2,2-5H3/t10-,11+,13+,14+/m0/s1. The molecule has 0 spiro atoms. The van der Waals surface area contributed by atoms with Gasteiger partial charge >= 0.3 is 0 Å². The van der Waals surface area contributed by atoms with E-state index in [1.807, 2.05) is 6.08 Å². The van der Waals surface area contributed by atoms with Crippen molar-refractivity contribution in [2.75, 3.05) is 0 Å². The van der Waals surface area contributed by atoms with Gasteiger partial charge in [-0.1, -0.05) is 33.8 Å². The molecule has 0 aliphatic heterocycles. The van der Waals surface area contributed by atoms with E-state index in [-0.39, 0.29) is 10.8 Å². The molecule has 0 radical (unpaired) electrons. The predicted molar refractivity (Wildman–Crippen MR) is 63.5 cm³/mol. The van der Waals surface area contributed by atoms with Crippen LogP contribution in [0, 0.1) is 22.7 Å². The zero-order valence-corrected chi connectivity index (χ0v) is 10.5. The third kappa shape index (κ3) is 0.982. The molecule has 0 aromatic carbocycles. The monoisotopic (exact) mass is 208 g/mol. The minimum Gasteiger partial charge on any atom is -0.389 e. The summed E-state index contributed by atoms with van der Waals surface area (Å²) >= 11 is 0. The van der Waals surface area contributed by atoms with Gasteiger partial charge in [0.1, 0.15) is 0 Å². The lowest BCUT2D eigenvalue weighted by Crippen LogP contribution is -2.50. The molecule has 0 saturated heterocycles. The second kappa shape index (κ2) is 2.88. The van der Waals surface area contributed by atoms with Crippen molar-refractivity contribution in [1.29, 1.82) is 0 Å². The normalized spacial score (nSPS) is 52.1. The average molecular weight is 208 g/mol. The third-order valence-corrected chi connectivity index (χ3v) is 6.07. The molecular formula is C14H24O. The molecule has 0 amide bonds. The second-order valence-corrected chi connectivity index (χ2v) is 6.40. The molecule has 2 bridgehead atoms. The fourth-order valence-electron chi connectivity index (χ4n) is 4.65. The second-order valence-electron chi connectivity index (χ2n) is 6.40. The van der Waals surface area contributed by atoms with Crippen LogP contribution in [0.25, 0.3) is 0 Å². The lowest BCUT2D eigenvalue weighted by atomic mass is 9.62. The third-order valence-electron chi connectivity index (χ3n) is 6.07. The first-order valence-electron chi connectivity index (χ1n) is 6.14. The Balaban J connectivity index is 2.48. The maximum absolute atomic E-state index is 11.0. The Morgan fingerprint density at radius 3 is 2.40 bits per heavy atom. The number of hydrogen-bond donors (Lipinski definition) is 1. The summed E-state index contributed by atoms with van der Waals surface area (Å²) in [6.07, 6.45) is 5.08. The minimum absolute atomic E-state index is 0.0677. The van der Waals surface area contributed by atoms with E-state index in [9.17, 15) is 5.11 Å². The first kappa shape index (κ1) is 11.2. The van der Waals surface area contributed by atoms with Crippen LogP contribution in [0.5, 0.6) is 0 Å². The Bertz CT molecular complexity index is 294. The van der Waals surface area contributed by atoms with Crippen molar-refractivity contribution >= 4 is 0 Å². The molecule has 2 aliphatic rings. The van der Waals surface area contributed by atoms with E-state index in [4.69, 9.17) is 0 Å². The van der Waals surface area contributed by atoms with E-state index in [1.165, 1.54) is 12.8 Å². The molecule has 2 fully saturated rings. The maximum atomic E-state index is 11.0. The summed E-state index contributed by atoms with van der Waals surface area (Å²) in [6.45, 7) is 13.0. The van der Waals surface area contributed by atoms with Crippen molar-refractivity contribution in [2.45, 2.75) is 52.6 Å². The zero-order chi connectivity index (χ0) is 11.5. The highest BCUT2D eigenvalue weighted by molar-refractivity contribution is 5.21. The fraction of sp³-hybridized carbons (Fsp3) is 0.857. The Hall–Kier alpha value is -0.300. The lowest BCUT2D eigenvalue weighted by molar-refractivity contribution is -0.111. The van der Waals surface area contributed by atoms with Gasteiger partial charge in [0.15, 0.2) is 0 Å². The van der Waals surface area contributed by atoms with Gasteiger partial charge in [-0.15, -0.1) is 6.58 Å². The van der Waals surface area contributed by atoms with Gasteiger partial charge in [0, 0.05) is 5.41 Å². The SMILES string of the molecule is C=CC[C@@]1(O)[C@@H](C)[C@H]2CC[C@]1(C)C2(C)C. The fourth-order valence-corrected chi connectivity index (χ4v) is 4.65. The summed E-state index contributed by atoms with van der Waals surface area (Å²) in [5, 5.41) is 11.0. The first-order chi connectivity index (χ1) is 6.81. The van der Waals surface area contributed by atoms with Gasteiger partial charge in [0.2, 0.25) is 0 Å². The molecule has 0 heterocycles. The molecule has 0 aromatic heterocycles. The van der Waals surface area contributed by atoms with Gasteiger partial charge in [-0.3, -0.25) is 0 Å². The molecule has 15 heavy (non-hydrogen) atoms. The van der Waals surface area contributed by atoms with Crippen LogP contribution in [0.2, 0.25) is 0 Å². The smallest absolute Gasteiger partial charge is 0.0768 e. The Labute approximate surface area is 93.6 Å². The van der Waals surface area contributed by atoms with Gasteiger partial charge in [-0.25, -0.2) is 0 Å². The molecule has 1 heteroatoms. The van der Waals surface area contributed by atoms with Gasteiger partial charge in [-0.2, -0.15) is 0 Å². The van der Waals surface area contributed by atoms with E-state index in [0.717, 1.165) is 6.42 Å². The highest BCUT2D eigenvalue weighted by Gasteiger charge is 2.71. The summed E-state index contributed by atoms with van der Waals surface area (Å²) in [6, 6.07) is 0. The molecular weight excluding hydrogens is 184 g/mol. The van der Waals surface area contributed by atoms with E-state index >= 15 is 0 Å². The van der Waals surface area contributed by atoms with Crippen LogP contribution < -0.4 is 0 Å². The molecule has 1 nitrogen and oxygen atoms in total. The van der Waals surface area contributed by atoms with Gasteiger partial charge < -0.3 is 5.11 Å². The molecule has 2 rings (SSSR count). The van der Waals surface area contributed by atoms with Crippen LogP contribution in [0.3, 0.4) is 0 Å². The van der Waals surface area contributed by atoms with E-state index in [1.54, 1.807) is 0 Å². The van der Waals surface area contributed by atoms with Crippen molar-refractivity contribution in [2.24, 2.45) is 22.7 Å². The van der Waals surface area contributed by atoms with Crippen LogP contribution in [-0.4, -0.2) is 10.7 Å². The quantitative estimate of drug-likeness (QED) is 0.690. The van der Waals surface area contributed by atoms with E-state index < -0.39 is 5.60 Å². The molecule has 0 unspecified atom stereocenters. The van der Waals surface area contributed by atoms with Crippen molar-refractivity contribution in [3.63, 3.8) is 0 Å². The molecule has 0 aromatic rings. The van der Waals surface area contributed by atoms with Gasteiger partial charge in [-0.05, 0) is 36.5 Å². The summed E-state index contributed by atoms with van der Waals surface area (Å²) in [5.41, 5.74) is -0.191. The minimum atomic E-state index is -0.527. The Morgan fingerprint density at radius 1 is 1.40 bits per heavy atom. The number of aliphatic hydroxyl groups is 1. The molecule has 4 atom stereocenters. The molecule has 1 N–H and O–H groups in total. The summed E-state index contributed by atoms with van der Waals surface area (Å²) in [5.74, 6) is 1.08. The van der Waals surface area contributed by atoms with E-state index in [2.05, 4.69) is 34.3 Å². The van der Waals surface area contributed by atoms with E-state index in [0.29, 0.717) is 11.8 Å². The topological polar surface area (TPSA) is 20.2 Å². The van der Waals surface area contributed by atoms with Crippen molar-refractivity contribution in [1.82, 2.24) is 0 Å². The number of hydrogen-bond acceptors (Lipinski definition) is 1. The van der Waals surface area contributed by atoms with Crippen LogP contribution in [0.4, 0.5) is 0 Å². The predicted octanol–water partition coefficient (Wildman–Crippen LogP) is 3.39. The lowest BCUT2D eigenvalue weighted by Gasteiger charge is -2.47. The average Bonchev–Trinajstić information content (AvgIpc) is 2.42. The maximum Gasteiger partial charge on any atom is 0.0768 e. The first-order valence-corrected chi connectivity index (χ1v) is 6.14. The zero-order valence-electron chi connectivity index (χ0n) is 10.5. The van der Waals surface area contributed by atoms with Gasteiger partial charge in [0.05, 0.1) is 5.60 Å². The Morgan fingerprint density at radius 2 is 2.00 bits per heavy atom. The highest BCUT2D eigenvalue weighted by Crippen LogP contribution is 2.72. The highest BCUT2D eigenvalue weighted by atomic mass is 16.3. The number of fused-ring (bicyclic) bond motifs is 2. The number of rotatable bonds is 2. The van der Waals surface area contributed by atoms with Crippen molar-refractivity contribution in [3.05, 3.63) is 12.7 Å². The van der Waals surface area contributed by atoms with Gasteiger partial charge in [0.25, 0.3) is 0 Å². The summed E-state index contributed by atoms with van der Waals surface area (Å²) in [4.78, 5) is 0.